The summed E-state index contributed by atoms with van der Waals surface area (Å²) < 4.78 is 18.0. The van der Waals surface area contributed by atoms with Crippen molar-refractivity contribution in [1.82, 2.24) is 55.4 Å². The Balaban J connectivity index is 0.586. The summed E-state index contributed by atoms with van der Waals surface area (Å²) in [4.78, 5) is 96.3. The van der Waals surface area contributed by atoms with Crippen molar-refractivity contribution < 1.29 is 38.2 Å². The summed E-state index contributed by atoms with van der Waals surface area (Å²) in [5, 5.41) is 11.5. The van der Waals surface area contributed by atoms with Crippen LogP contribution in [0.25, 0.3) is 11.0 Å². The summed E-state index contributed by atoms with van der Waals surface area (Å²) >= 11 is 6.33. The van der Waals surface area contributed by atoms with Gasteiger partial charge < -0.3 is 60.5 Å². The van der Waals surface area contributed by atoms with Gasteiger partial charge in [0.05, 0.1) is 54.9 Å². The first kappa shape index (κ1) is 65.2. The van der Waals surface area contributed by atoms with E-state index in [1.807, 2.05) is 89.7 Å². The summed E-state index contributed by atoms with van der Waals surface area (Å²) in [6.07, 6.45) is 15.1. The maximum Gasteiger partial charge on any atom is 0.251 e. The topological polar surface area (TPSA) is 236 Å². The molecular weight excluding hydrogens is 1190 g/mol. The van der Waals surface area contributed by atoms with Crippen molar-refractivity contribution in [2.75, 3.05) is 123 Å². The summed E-state index contributed by atoms with van der Waals surface area (Å²) in [7, 11) is 1.63. The van der Waals surface area contributed by atoms with Gasteiger partial charge in [0.2, 0.25) is 23.6 Å². The molecule has 5 amide bonds. The zero-order chi connectivity index (χ0) is 63.8. The molecule has 6 N–H and O–H groups in total. The summed E-state index contributed by atoms with van der Waals surface area (Å²) in [5.41, 5.74) is 9.33. The summed E-state index contributed by atoms with van der Waals surface area (Å²) in [6, 6.07) is 22.3. The molecule has 6 aliphatic heterocycles. The first-order valence-electron chi connectivity index (χ1n) is 33.9. The van der Waals surface area contributed by atoms with E-state index in [0.717, 1.165) is 155 Å². The number of ether oxygens (including phenoxy) is 3. The molecule has 494 valence electrons. The van der Waals surface area contributed by atoms with Crippen molar-refractivity contribution in [3.05, 3.63) is 113 Å². The molecule has 8 fully saturated rings. The molecule has 22 heteroatoms. The Bertz CT molecular complexity index is 3350. The van der Waals surface area contributed by atoms with Gasteiger partial charge >= 0.3 is 0 Å². The van der Waals surface area contributed by atoms with E-state index < -0.39 is 17.0 Å². The molecule has 3 aromatic carbocycles. The van der Waals surface area contributed by atoms with Gasteiger partial charge in [-0.2, -0.15) is 0 Å². The zero-order valence-corrected chi connectivity index (χ0v) is 54.6. The van der Waals surface area contributed by atoms with Gasteiger partial charge in [-0.25, -0.2) is 9.97 Å². The van der Waals surface area contributed by atoms with Crippen LogP contribution in [-0.4, -0.2) is 205 Å². The number of hydrogen-bond donors (Lipinski definition) is 5. The molecule has 21 nitrogen and oxygen atoms in total. The third kappa shape index (κ3) is 14.9. The van der Waals surface area contributed by atoms with Gasteiger partial charge in [-0.15, -0.1) is 0 Å². The van der Waals surface area contributed by atoms with Gasteiger partial charge in [0.1, 0.15) is 35.3 Å². The van der Waals surface area contributed by atoms with Crippen LogP contribution in [0.15, 0.2) is 85.3 Å². The molecule has 6 saturated heterocycles. The van der Waals surface area contributed by atoms with Crippen molar-refractivity contribution in [3.8, 4) is 11.5 Å². The number of piperidine rings is 2. The number of nitrogens with two attached hydrogens (primary N) is 1. The molecule has 92 heavy (non-hydrogen) atoms. The van der Waals surface area contributed by atoms with Crippen LogP contribution in [0.3, 0.4) is 0 Å². The highest BCUT2D eigenvalue weighted by atomic mass is 35.5. The number of benzene rings is 3. The number of rotatable bonds is 22. The monoisotopic (exact) mass is 1280 g/mol. The zero-order valence-electron chi connectivity index (χ0n) is 53.8. The van der Waals surface area contributed by atoms with Gasteiger partial charge in [-0.1, -0.05) is 61.2 Å². The standard InChI is InChI=1S/C70H94ClN13O8/c1-3-91-59-42-56(90-2)19-16-53(59)43-73-44-60(85)84-29-8-13-54(45-84)51-11-7-12-52(41-51)64(86)78-61(50-9-5-4-6-10-50)65(87)82-37-35-80(36-38-82)46-69-24-22-68(23-25-69,47-92-69)67(89)83-39-33-79(34-40-83)30-21-58(49-14-17-55(71)18-15-49)77-66(88)70(72)26-31-81(32-27-70)63-57-20-28-74-62(57)75-48-76-63/h7,11-12,14-20,28,41-42,48,50,54,58,61,73H,3-6,8-10,13,21-27,29-40,43-47,72H2,1-2H3,(H,77,88)(H,78,86)(H,74,75,76)/t54?,58-,61+,68?,69?/m0/s1. The quantitative estimate of drug-likeness (QED) is 0.0467. The van der Waals surface area contributed by atoms with Crippen LogP contribution in [0.5, 0.6) is 11.5 Å². The predicted molar refractivity (Wildman–Crippen MR) is 354 cm³/mol. The number of carbonyl (C=O) groups excluding carboxylic acids is 5. The highest BCUT2D eigenvalue weighted by Crippen LogP contribution is 2.50. The predicted octanol–water partition coefficient (Wildman–Crippen LogP) is 7.06. The SMILES string of the molecule is CCOc1cc(OC)ccc1CNCC(=O)N1CCCC(c2cccc(C(=O)N[C@@H](C(=O)N3CCN(CC45CCC(C(=O)N6CCN(CC[C@H](NC(=O)C7(N)CCN(c8ncnc9[nH]ccc89)CC7)c7ccc(Cl)cc7)CC6)(CC4)CO5)CC3)C3CCCCC3)c2)C1. The summed E-state index contributed by atoms with van der Waals surface area (Å²) in [6.45, 7) is 12.9. The number of anilines is 1. The van der Waals surface area contributed by atoms with Crippen LogP contribution >= 0.6 is 11.6 Å². The van der Waals surface area contributed by atoms with E-state index in [9.17, 15) is 24.0 Å². The second-order valence-electron chi connectivity index (χ2n) is 27.1. The molecule has 1 unspecified atom stereocenters. The molecule has 0 radical (unpaired) electrons. The van der Waals surface area contributed by atoms with Crippen molar-refractivity contribution in [3.63, 3.8) is 0 Å². The van der Waals surface area contributed by atoms with E-state index in [1.54, 1.807) is 13.4 Å². The number of methoxy groups -OCH3 is 1. The highest BCUT2D eigenvalue weighted by molar-refractivity contribution is 6.30. The van der Waals surface area contributed by atoms with E-state index >= 15 is 0 Å². The highest BCUT2D eigenvalue weighted by Gasteiger charge is 2.55. The lowest BCUT2D eigenvalue weighted by atomic mass is 9.65. The lowest BCUT2D eigenvalue weighted by Crippen LogP contribution is -2.63. The Morgan fingerprint density at radius 2 is 1.53 bits per heavy atom. The van der Waals surface area contributed by atoms with E-state index in [0.29, 0.717) is 102 Å². The van der Waals surface area contributed by atoms with Crippen LogP contribution < -0.4 is 36.1 Å². The van der Waals surface area contributed by atoms with E-state index in [1.165, 1.54) is 0 Å². The van der Waals surface area contributed by atoms with Crippen LogP contribution in [0.4, 0.5) is 5.82 Å². The number of aromatic amines is 1. The maximum atomic E-state index is 14.7. The Labute approximate surface area is 546 Å². The van der Waals surface area contributed by atoms with Crippen molar-refractivity contribution in [1.29, 1.82) is 0 Å². The minimum absolute atomic E-state index is 0.00377. The number of aromatic nitrogens is 3. The lowest BCUT2D eigenvalue weighted by Gasteiger charge is -2.55. The lowest BCUT2D eigenvalue weighted by molar-refractivity contribution is -0.203. The fourth-order valence-electron chi connectivity index (χ4n) is 15.6. The maximum absolute atomic E-state index is 14.7. The molecule has 2 bridgehead atoms. The van der Waals surface area contributed by atoms with Crippen LogP contribution in [-0.2, 0) is 30.5 Å². The number of halogens is 1. The fourth-order valence-corrected chi connectivity index (χ4v) is 15.7. The number of nitrogens with zero attached hydrogens (tertiary/aromatic N) is 8. The Hall–Kier alpha value is -6.88. The smallest absolute Gasteiger partial charge is 0.251 e. The minimum Gasteiger partial charge on any atom is -0.497 e. The minimum atomic E-state index is -1.03. The number of nitrogens with one attached hydrogen (secondary N) is 4. The average Bonchev–Trinajstić information content (AvgIpc) is 0.796. The summed E-state index contributed by atoms with van der Waals surface area (Å²) in [5.74, 6) is 2.31. The Morgan fingerprint density at radius 1 is 0.783 bits per heavy atom. The van der Waals surface area contributed by atoms with Crippen molar-refractivity contribution in [2.45, 2.75) is 133 Å². The van der Waals surface area contributed by atoms with Crippen molar-refractivity contribution in [2.24, 2.45) is 17.1 Å². The molecular formula is C70H94ClN13O8. The van der Waals surface area contributed by atoms with E-state index in [4.69, 9.17) is 31.5 Å². The molecule has 2 aliphatic carbocycles. The number of amides is 5. The van der Waals surface area contributed by atoms with Gasteiger partial charge in [0.15, 0.2) is 0 Å². The first-order valence-corrected chi connectivity index (χ1v) is 34.3. The van der Waals surface area contributed by atoms with Crippen LogP contribution in [0.2, 0.25) is 5.02 Å². The van der Waals surface area contributed by atoms with E-state index in [-0.39, 0.29) is 59.6 Å². The number of H-pyrrole nitrogens is 1. The number of fused-ring (bicyclic) bond motifs is 4. The molecule has 13 rings (SSSR count). The number of carbonyl (C=O) groups is 5. The van der Waals surface area contributed by atoms with Gasteiger partial charge in [-0.3, -0.25) is 33.8 Å². The average molecular weight is 1280 g/mol. The molecule has 2 saturated carbocycles. The largest absolute Gasteiger partial charge is 0.497 e. The number of piperazine rings is 2. The second kappa shape index (κ2) is 29.2. The number of likely N-dealkylation sites (tertiary alicyclic amines) is 1. The Morgan fingerprint density at radius 3 is 2.26 bits per heavy atom. The molecule has 0 spiro atoms. The third-order valence-electron chi connectivity index (χ3n) is 21.4. The fraction of sp³-hybridized carbons (Fsp3) is 0.586. The van der Waals surface area contributed by atoms with Crippen LogP contribution in [0, 0.1) is 11.3 Å². The molecule has 8 aliphatic rings. The van der Waals surface area contributed by atoms with Crippen molar-refractivity contribution >= 4 is 58.0 Å². The van der Waals surface area contributed by atoms with Gasteiger partial charge in [0.25, 0.3) is 5.91 Å². The third-order valence-corrected chi connectivity index (χ3v) is 21.6. The molecule has 5 aromatic rings. The van der Waals surface area contributed by atoms with Gasteiger partial charge in [0, 0.05) is 133 Å². The van der Waals surface area contributed by atoms with E-state index in [2.05, 4.69) is 56.6 Å². The second-order valence-corrected chi connectivity index (χ2v) is 27.5. The molecule has 3 atom stereocenters. The molecule has 8 heterocycles. The van der Waals surface area contributed by atoms with Gasteiger partial charge in [-0.05, 0) is 131 Å². The normalized spacial score (nSPS) is 23.8. The Kier molecular flexibility index (Phi) is 20.7. The first-order chi connectivity index (χ1) is 44.7. The van der Waals surface area contributed by atoms with Crippen LogP contribution in [0.1, 0.15) is 136 Å². The number of hydrogen-bond acceptors (Lipinski definition) is 15. The molecule has 2 aromatic heterocycles.